The van der Waals surface area contributed by atoms with Crippen LogP contribution in [0.1, 0.15) is 17.0 Å². The summed E-state index contributed by atoms with van der Waals surface area (Å²) in [6.07, 6.45) is 0. The molecule has 0 atom stereocenters. The van der Waals surface area contributed by atoms with Crippen molar-refractivity contribution in [2.45, 2.75) is 25.3 Å². The summed E-state index contributed by atoms with van der Waals surface area (Å²) in [5.74, 6) is -0.909. The first-order valence-corrected chi connectivity index (χ1v) is 7.84. The first-order valence-electron chi connectivity index (χ1n) is 5.98. The third-order valence-corrected chi connectivity index (χ3v) is 4.52. The molecule has 1 aromatic heterocycles. The van der Waals surface area contributed by atoms with Crippen LogP contribution in [0.15, 0.2) is 17.0 Å². The van der Waals surface area contributed by atoms with Gasteiger partial charge in [0.15, 0.2) is 0 Å². The molecule has 1 aromatic carbocycles. The van der Waals surface area contributed by atoms with E-state index in [-0.39, 0.29) is 22.8 Å². The van der Waals surface area contributed by atoms with E-state index in [4.69, 9.17) is 17.3 Å². The Balaban J connectivity index is 2.53. The van der Waals surface area contributed by atoms with Gasteiger partial charge in [-0.05, 0) is 26.0 Å². The number of halogens is 2. The monoisotopic (exact) mass is 332 g/mol. The van der Waals surface area contributed by atoms with Crippen molar-refractivity contribution in [1.82, 2.24) is 10.2 Å². The summed E-state index contributed by atoms with van der Waals surface area (Å²) in [5.41, 5.74) is 6.68. The minimum atomic E-state index is -4.14. The molecule has 0 spiro atoms. The minimum absolute atomic E-state index is 0.0310. The van der Waals surface area contributed by atoms with Crippen molar-refractivity contribution in [3.8, 4) is 0 Å². The Morgan fingerprint density at radius 2 is 2.10 bits per heavy atom. The molecule has 2 aromatic rings. The van der Waals surface area contributed by atoms with E-state index in [1.165, 1.54) is 6.07 Å². The molecule has 0 aliphatic heterocycles. The van der Waals surface area contributed by atoms with Gasteiger partial charge in [0.05, 0.1) is 17.1 Å². The number of anilines is 1. The minimum Gasteiger partial charge on any atom is -0.326 e. The van der Waals surface area contributed by atoms with Crippen molar-refractivity contribution in [3.05, 3.63) is 39.9 Å². The second-order valence-electron chi connectivity index (χ2n) is 4.50. The second kappa shape index (κ2) is 5.63. The van der Waals surface area contributed by atoms with Crippen LogP contribution in [0.3, 0.4) is 0 Å². The highest BCUT2D eigenvalue weighted by atomic mass is 35.5. The van der Waals surface area contributed by atoms with Crippen LogP contribution >= 0.6 is 11.6 Å². The van der Waals surface area contributed by atoms with Crippen LogP contribution in [0.4, 0.5) is 10.1 Å². The Bertz CT molecular complexity index is 769. The lowest BCUT2D eigenvalue weighted by Gasteiger charge is -2.11. The van der Waals surface area contributed by atoms with Gasteiger partial charge in [0, 0.05) is 17.1 Å². The van der Waals surface area contributed by atoms with Crippen LogP contribution in [0.25, 0.3) is 0 Å². The van der Waals surface area contributed by atoms with Crippen molar-refractivity contribution in [2.24, 2.45) is 5.73 Å². The summed E-state index contributed by atoms with van der Waals surface area (Å²) in [6, 6.07) is 2.34. The van der Waals surface area contributed by atoms with Crippen LogP contribution in [0.5, 0.6) is 0 Å². The number of H-pyrrole nitrogens is 1. The first kappa shape index (κ1) is 15.7. The van der Waals surface area contributed by atoms with Gasteiger partial charge in [-0.25, -0.2) is 12.8 Å². The third-order valence-electron chi connectivity index (χ3n) is 2.95. The van der Waals surface area contributed by atoms with Crippen molar-refractivity contribution in [3.63, 3.8) is 0 Å². The van der Waals surface area contributed by atoms with Gasteiger partial charge < -0.3 is 5.73 Å². The highest BCUT2D eigenvalue weighted by Gasteiger charge is 2.24. The predicted octanol–water partition coefficient (Wildman–Crippen LogP) is 2.08. The molecule has 0 amide bonds. The topological polar surface area (TPSA) is 101 Å². The number of nitrogens with one attached hydrogen (secondary N) is 2. The van der Waals surface area contributed by atoms with E-state index in [2.05, 4.69) is 14.9 Å². The summed E-state index contributed by atoms with van der Waals surface area (Å²) < 4.78 is 41.2. The fourth-order valence-electron chi connectivity index (χ4n) is 1.85. The lowest BCUT2D eigenvalue weighted by Crippen LogP contribution is -2.17. The molecule has 0 unspecified atom stereocenters. The van der Waals surface area contributed by atoms with E-state index in [1.54, 1.807) is 13.8 Å². The Morgan fingerprint density at radius 1 is 1.43 bits per heavy atom. The molecular weight excluding hydrogens is 319 g/mol. The fourth-order valence-corrected chi connectivity index (χ4v) is 3.49. The lowest BCUT2D eigenvalue weighted by atomic mass is 10.2. The van der Waals surface area contributed by atoms with Crippen LogP contribution in [-0.2, 0) is 16.6 Å². The number of nitrogens with two attached hydrogens (primary N) is 1. The zero-order chi connectivity index (χ0) is 15.8. The average Bonchev–Trinajstić information content (AvgIpc) is 2.72. The lowest BCUT2D eigenvalue weighted by molar-refractivity contribution is 0.561. The maximum atomic E-state index is 14.2. The molecular formula is C12H14ClFN4O2S. The van der Waals surface area contributed by atoms with E-state index in [9.17, 15) is 12.8 Å². The smallest absolute Gasteiger partial charge is 0.265 e. The van der Waals surface area contributed by atoms with Crippen LogP contribution in [0, 0.1) is 19.7 Å². The SMILES string of the molecule is Cc1n[nH]c(C)c1NS(=O)(=O)c1cc(Cl)cc(CN)c1F. The number of hydrogen-bond acceptors (Lipinski definition) is 4. The van der Waals surface area contributed by atoms with Gasteiger partial charge in [0.1, 0.15) is 10.7 Å². The van der Waals surface area contributed by atoms with E-state index in [0.29, 0.717) is 11.4 Å². The number of hydrogen-bond donors (Lipinski definition) is 3. The van der Waals surface area contributed by atoms with Gasteiger partial charge in [-0.1, -0.05) is 11.6 Å². The Kier molecular flexibility index (Phi) is 4.22. The number of aryl methyl sites for hydroxylation is 2. The zero-order valence-electron chi connectivity index (χ0n) is 11.4. The van der Waals surface area contributed by atoms with Gasteiger partial charge in [0.2, 0.25) is 0 Å². The van der Waals surface area contributed by atoms with Crippen molar-refractivity contribution >= 4 is 27.3 Å². The van der Waals surface area contributed by atoms with Gasteiger partial charge in [-0.3, -0.25) is 9.82 Å². The second-order valence-corrected chi connectivity index (χ2v) is 6.58. The van der Waals surface area contributed by atoms with E-state index >= 15 is 0 Å². The highest BCUT2D eigenvalue weighted by Crippen LogP contribution is 2.27. The molecule has 0 saturated carbocycles. The van der Waals surface area contributed by atoms with Crippen LogP contribution in [0.2, 0.25) is 5.02 Å². The largest absolute Gasteiger partial charge is 0.326 e. The molecule has 1 heterocycles. The summed E-state index contributed by atoms with van der Waals surface area (Å²) in [7, 11) is -4.14. The molecule has 6 nitrogen and oxygen atoms in total. The average molecular weight is 333 g/mol. The Labute approximate surface area is 126 Å². The standard InChI is InChI=1S/C12H14ClFN4O2S/c1-6-12(7(2)17-16-6)18-21(19,20)10-4-9(13)3-8(5-15)11(10)14/h3-4,18H,5,15H2,1-2H3,(H,16,17). The third kappa shape index (κ3) is 3.02. The Morgan fingerprint density at radius 3 is 2.62 bits per heavy atom. The molecule has 0 fully saturated rings. The van der Waals surface area contributed by atoms with Gasteiger partial charge in [0.25, 0.3) is 10.0 Å². The number of aromatic nitrogens is 2. The van der Waals surface area contributed by atoms with Crippen molar-refractivity contribution < 1.29 is 12.8 Å². The first-order chi connectivity index (χ1) is 9.76. The maximum absolute atomic E-state index is 14.2. The van der Waals surface area contributed by atoms with Crippen molar-refractivity contribution in [1.29, 1.82) is 0 Å². The number of sulfonamides is 1. The molecule has 21 heavy (non-hydrogen) atoms. The zero-order valence-corrected chi connectivity index (χ0v) is 12.9. The molecule has 0 aliphatic rings. The molecule has 0 aliphatic carbocycles. The molecule has 0 saturated heterocycles. The quantitative estimate of drug-likeness (QED) is 0.797. The normalized spacial score (nSPS) is 11.7. The summed E-state index contributed by atoms with van der Waals surface area (Å²) in [4.78, 5) is -0.546. The number of nitrogens with zero attached hydrogens (tertiary/aromatic N) is 1. The number of aromatic amines is 1. The van der Waals surface area contributed by atoms with E-state index in [1.807, 2.05) is 0 Å². The Hall–Kier alpha value is -1.64. The molecule has 9 heteroatoms. The molecule has 0 radical (unpaired) electrons. The highest BCUT2D eigenvalue weighted by molar-refractivity contribution is 7.92. The predicted molar refractivity (Wildman–Crippen MR) is 78.2 cm³/mol. The van der Waals surface area contributed by atoms with Gasteiger partial charge >= 0.3 is 0 Å². The van der Waals surface area contributed by atoms with E-state index < -0.39 is 20.7 Å². The summed E-state index contributed by atoms with van der Waals surface area (Å²) >= 11 is 5.82. The van der Waals surface area contributed by atoms with Gasteiger partial charge in [-0.15, -0.1) is 0 Å². The fraction of sp³-hybridized carbons (Fsp3) is 0.250. The molecule has 4 N–H and O–H groups in total. The van der Waals surface area contributed by atoms with E-state index in [0.717, 1.165) is 6.07 Å². The maximum Gasteiger partial charge on any atom is 0.265 e. The van der Waals surface area contributed by atoms with Crippen LogP contribution in [-0.4, -0.2) is 18.6 Å². The number of benzene rings is 1. The summed E-state index contributed by atoms with van der Waals surface area (Å²) in [6.45, 7) is 3.12. The molecule has 2 rings (SSSR count). The summed E-state index contributed by atoms with van der Waals surface area (Å²) in [5, 5.41) is 6.61. The molecule has 114 valence electrons. The molecule has 0 bridgehead atoms. The van der Waals surface area contributed by atoms with Gasteiger partial charge in [-0.2, -0.15) is 5.10 Å². The number of rotatable bonds is 4. The van der Waals surface area contributed by atoms with Crippen LogP contribution < -0.4 is 10.5 Å². The van der Waals surface area contributed by atoms with Crippen molar-refractivity contribution in [2.75, 3.05) is 4.72 Å².